The molecule has 112 valence electrons. The van der Waals surface area contributed by atoms with Crippen LogP contribution in [0.15, 0.2) is 24.3 Å². The van der Waals surface area contributed by atoms with Gasteiger partial charge in [-0.25, -0.2) is 0 Å². The fourth-order valence-corrected chi connectivity index (χ4v) is 2.11. The van der Waals surface area contributed by atoms with Gasteiger partial charge in [0.2, 0.25) is 5.91 Å². The van der Waals surface area contributed by atoms with Crippen molar-refractivity contribution in [3.8, 4) is 5.75 Å². The first kappa shape index (κ1) is 16.8. The van der Waals surface area contributed by atoms with Crippen molar-refractivity contribution in [2.45, 2.75) is 25.8 Å². The number of ether oxygens (including phenoxy) is 1. The average molecular weight is 299 g/mol. The second kappa shape index (κ2) is 8.12. The number of halogens is 1. The van der Waals surface area contributed by atoms with Crippen LogP contribution in [0.2, 0.25) is 0 Å². The molecule has 1 amide bonds. The van der Waals surface area contributed by atoms with E-state index in [2.05, 4.69) is 10.6 Å². The van der Waals surface area contributed by atoms with E-state index in [4.69, 9.17) is 4.74 Å². The Hall–Kier alpha value is -1.26. The summed E-state index contributed by atoms with van der Waals surface area (Å²) in [5.74, 6) is 1.62. The molecule has 1 aromatic rings. The van der Waals surface area contributed by atoms with Crippen LogP contribution in [0.4, 0.5) is 0 Å². The smallest absolute Gasteiger partial charge is 0.234 e. The van der Waals surface area contributed by atoms with Gasteiger partial charge in [0.15, 0.2) is 0 Å². The molecule has 0 bridgehead atoms. The molecule has 1 saturated carbocycles. The van der Waals surface area contributed by atoms with Crippen LogP contribution in [0.1, 0.15) is 31.4 Å². The van der Waals surface area contributed by atoms with Gasteiger partial charge in [-0.05, 0) is 38.3 Å². The highest BCUT2D eigenvalue weighted by Gasteiger charge is 2.21. The van der Waals surface area contributed by atoms with Crippen LogP contribution >= 0.6 is 12.4 Å². The van der Waals surface area contributed by atoms with Crippen molar-refractivity contribution >= 4 is 18.3 Å². The van der Waals surface area contributed by atoms with Crippen LogP contribution in [0, 0.1) is 5.92 Å². The van der Waals surface area contributed by atoms with Crippen molar-refractivity contribution < 1.29 is 9.53 Å². The van der Waals surface area contributed by atoms with Crippen LogP contribution in [0.25, 0.3) is 0 Å². The van der Waals surface area contributed by atoms with Crippen molar-refractivity contribution in [3.05, 3.63) is 29.8 Å². The highest BCUT2D eigenvalue weighted by atomic mass is 35.5. The van der Waals surface area contributed by atoms with Gasteiger partial charge in [0.1, 0.15) is 5.75 Å². The molecule has 0 aliphatic heterocycles. The molecule has 1 unspecified atom stereocenters. The number of amides is 1. The summed E-state index contributed by atoms with van der Waals surface area (Å²) in [6.07, 6.45) is 2.60. The summed E-state index contributed by atoms with van der Waals surface area (Å²) in [5.41, 5.74) is 1.00. The first-order valence-electron chi connectivity index (χ1n) is 6.83. The zero-order chi connectivity index (χ0) is 13.7. The maximum atomic E-state index is 11.8. The van der Waals surface area contributed by atoms with E-state index in [1.165, 1.54) is 12.8 Å². The minimum Gasteiger partial charge on any atom is -0.496 e. The van der Waals surface area contributed by atoms with Gasteiger partial charge in [0, 0.05) is 5.56 Å². The zero-order valence-electron chi connectivity index (χ0n) is 12.0. The third-order valence-corrected chi connectivity index (χ3v) is 3.40. The van der Waals surface area contributed by atoms with Gasteiger partial charge in [0.25, 0.3) is 0 Å². The standard InChI is InChI=1S/C15H22N2O2.ClH/c1-11(13-5-3-4-6-14(13)19-2)17-15(18)10-16-9-12-7-8-12;/h3-6,11-12,16H,7-10H2,1-2H3,(H,17,18);1H. The number of carbonyl (C=O) groups is 1. The quantitative estimate of drug-likeness (QED) is 0.812. The molecule has 1 atom stereocenters. The average Bonchev–Trinajstić information content (AvgIpc) is 3.22. The lowest BCUT2D eigenvalue weighted by atomic mass is 10.1. The topological polar surface area (TPSA) is 50.4 Å². The molecule has 1 aromatic carbocycles. The predicted molar refractivity (Wildman–Crippen MR) is 82.4 cm³/mol. The maximum absolute atomic E-state index is 11.8. The van der Waals surface area contributed by atoms with Crippen molar-refractivity contribution in [1.82, 2.24) is 10.6 Å². The van der Waals surface area contributed by atoms with Crippen LogP contribution in [0.3, 0.4) is 0 Å². The second-order valence-corrected chi connectivity index (χ2v) is 5.11. The van der Waals surface area contributed by atoms with E-state index in [1.54, 1.807) is 7.11 Å². The van der Waals surface area contributed by atoms with Gasteiger partial charge in [0.05, 0.1) is 19.7 Å². The summed E-state index contributed by atoms with van der Waals surface area (Å²) in [6, 6.07) is 7.70. The first-order chi connectivity index (χ1) is 9.20. The number of para-hydroxylation sites is 1. The molecule has 2 rings (SSSR count). The van der Waals surface area contributed by atoms with E-state index in [1.807, 2.05) is 31.2 Å². The molecule has 0 aromatic heterocycles. The summed E-state index contributed by atoms with van der Waals surface area (Å²) in [7, 11) is 1.64. The monoisotopic (exact) mass is 298 g/mol. The maximum Gasteiger partial charge on any atom is 0.234 e. The Balaban J connectivity index is 0.00000200. The fourth-order valence-electron chi connectivity index (χ4n) is 2.11. The lowest BCUT2D eigenvalue weighted by Crippen LogP contribution is -2.36. The van der Waals surface area contributed by atoms with E-state index in [-0.39, 0.29) is 24.4 Å². The molecule has 4 nitrogen and oxygen atoms in total. The minimum atomic E-state index is -0.0497. The third-order valence-electron chi connectivity index (χ3n) is 3.40. The Kier molecular flexibility index (Phi) is 6.82. The fraction of sp³-hybridized carbons (Fsp3) is 0.533. The van der Waals surface area contributed by atoms with E-state index >= 15 is 0 Å². The third kappa shape index (κ3) is 5.02. The van der Waals surface area contributed by atoms with E-state index in [9.17, 15) is 4.79 Å². The Bertz CT molecular complexity index is 436. The molecule has 2 N–H and O–H groups in total. The highest BCUT2D eigenvalue weighted by Crippen LogP contribution is 2.27. The molecular weight excluding hydrogens is 276 g/mol. The molecule has 1 aliphatic carbocycles. The molecule has 5 heteroatoms. The van der Waals surface area contributed by atoms with Crippen LogP contribution < -0.4 is 15.4 Å². The lowest BCUT2D eigenvalue weighted by Gasteiger charge is -2.17. The van der Waals surface area contributed by atoms with E-state index in [0.29, 0.717) is 6.54 Å². The van der Waals surface area contributed by atoms with Crippen molar-refractivity contribution in [1.29, 1.82) is 0 Å². The van der Waals surface area contributed by atoms with Gasteiger partial charge in [-0.2, -0.15) is 0 Å². The molecular formula is C15H23ClN2O2. The van der Waals surface area contributed by atoms with E-state index in [0.717, 1.165) is 23.8 Å². The molecule has 1 aliphatic rings. The van der Waals surface area contributed by atoms with Gasteiger partial charge in [-0.15, -0.1) is 12.4 Å². The largest absolute Gasteiger partial charge is 0.496 e. The van der Waals surface area contributed by atoms with Gasteiger partial charge in [-0.1, -0.05) is 18.2 Å². The summed E-state index contributed by atoms with van der Waals surface area (Å²) in [4.78, 5) is 11.8. The summed E-state index contributed by atoms with van der Waals surface area (Å²) >= 11 is 0. The zero-order valence-corrected chi connectivity index (χ0v) is 12.8. The Morgan fingerprint density at radius 3 is 2.75 bits per heavy atom. The van der Waals surface area contributed by atoms with Crippen molar-refractivity contribution in [2.24, 2.45) is 5.92 Å². The second-order valence-electron chi connectivity index (χ2n) is 5.11. The molecule has 0 heterocycles. The van der Waals surface area contributed by atoms with Crippen molar-refractivity contribution in [2.75, 3.05) is 20.2 Å². The first-order valence-corrected chi connectivity index (χ1v) is 6.83. The van der Waals surface area contributed by atoms with E-state index < -0.39 is 0 Å². The number of hydrogen-bond donors (Lipinski definition) is 2. The summed E-state index contributed by atoms with van der Waals surface area (Å²) in [6.45, 7) is 3.31. The minimum absolute atomic E-state index is 0. The Morgan fingerprint density at radius 1 is 1.40 bits per heavy atom. The van der Waals surface area contributed by atoms with Crippen molar-refractivity contribution in [3.63, 3.8) is 0 Å². The summed E-state index contributed by atoms with van der Waals surface area (Å²) < 4.78 is 5.30. The SMILES string of the molecule is COc1ccccc1C(C)NC(=O)CNCC1CC1.Cl. The van der Waals surface area contributed by atoms with Gasteiger partial charge in [-0.3, -0.25) is 4.79 Å². The predicted octanol–water partition coefficient (Wildman–Crippen LogP) is 2.29. The van der Waals surface area contributed by atoms with Crippen LogP contribution in [-0.4, -0.2) is 26.1 Å². The normalized spacial score (nSPS) is 15.1. The number of methoxy groups -OCH3 is 1. The number of nitrogens with one attached hydrogen (secondary N) is 2. The van der Waals surface area contributed by atoms with Gasteiger partial charge < -0.3 is 15.4 Å². The number of carbonyl (C=O) groups excluding carboxylic acids is 1. The molecule has 0 spiro atoms. The van der Waals surface area contributed by atoms with Gasteiger partial charge >= 0.3 is 0 Å². The number of rotatable bonds is 7. The number of hydrogen-bond acceptors (Lipinski definition) is 3. The molecule has 1 fully saturated rings. The Labute approximate surface area is 126 Å². The van der Waals surface area contributed by atoms with Crippen LogP contribution in [-0.2, 0) is 4.79 Å². The summed E-state index contributed by atoms with van der Waals surface area (Å²) in [5, 5.41) is 6.17. The lowest BCUT2D eigenvalue weighted by molar-refractivity contribution is -0.120. The molecule has 0 saturated heterocycles. The molecule has 0 radical (unpaired) electrons. The molecule has 20 heavy (non-hydrogen) atoms. The Morgan fingerprint density at radius 2 is 2.10 bits per heavy atom. The van der Waals surface area contributed by atoms with Crippen LogP contribution in [0.5, 0.6) is 5.75 Å². The number of benzene rings is 1. The highest BCUT2D eigenvalue weighted by molar-refractivity contribution is 5.85.